The lowest BCUT2D eigenvalue weighted by Crippen LogP contribution is -2.33. The number of benzene rings is 1. The number of carbonyl (C=O) groups is 1. The number of hydrogen-bond acceptors (Lipinski definition) is 2. The Kier molecular flexibility index (Phi) is 3.97. The molecule has 0 spiro atoms. The van der Waals surface area contributed by atoms with E-state index in [2.05, 4.69) is 15.9 Å². The molecule has 17 heavy (non-hydrogen) atoms. The highest BCUT2D eigenvalue weighted by Gasteiger charge is 2.28. The molecule has 0 bridgehead atoms. The molecule has 0 aliphatic rings. The van der Waals surface area contributed by atoms with Crippen molar-refractivity contribution < 1.29 is 22.4 Å². The topological polar surface area (TPSA) is 55.1 Å². The average Bonchev–Trinajstić information content (AvgIpc) is 2.19. The Labute approximate surface area is 102 Å². The molecule has 94 valence electrons. The summed E-state index contributed by atoms with van der Waals surface area (Å²) < 4.78 is 48.6. The van der Waals surface area contributed by atoms with Gasteiger partial charge in [0.15, 0.2) is 0 Å². The molecule has 0 atom stereocenters. The summed E-state index contributed by atoms with van der Waals surface area (Å²) in [6, 6.07) is 1.88. The van der Waals surface area contributed by atoms with Gasteiger partial charge in [0.05, 0.1) is 11.3 Å². The van der Waals surface area contributed by atoms with E-state index in [1.165, 1.54) is 0 Å². The lowest BCUT2D eigenvalue weighted by molar-refractivity contribution is -0.123. The lowest BCUT2D eigenvalue weighted by atomic mass is 10.2. The fourth-order valence-corrected chi connectivity index (χ4v) is 1.51. The predicted octanol–water partition coefficient (Wildman–Crippen LogP) is 2.46. The van der Waals surface area contributed by atoms with Gasteiger partial charge in [0.1, 0.15) is 12.4 Å². The highest BCUT2D eigenvalue weighted by molar-refractivity contribution is 9.10. The zero-order chi connectivity index (χ0) is 13.2. The lowest BCUT2D eigenvalue weighted by Gasteiger charge is -2.10. The van der Waals surface area contributed by atoms with Gasteiger partial charge in [-0.2, -0.15) is 13.2 Å². The molecule has 8 heteroatoms. The van der Waals surface area contributed by atoms with Crippen molar-refractivity contribution in [1.82, 2.24) is 5.32 Å². The van der Waals surface area contributed by atoms with E-state index >= 15 is 0 Å². The molecular formula is C9H7BrF4N2O. The minimum absolute atomic E-state index is 0.0314. The number of rotatable bonds is 2. The van der Waals surface area contributed by atoms with Crippen LogP contribution in [0.15, 0.2) is 16.6 Å². The monoisotopic (exact) mass is 314 g/mol. The van der Waals surface area contributed by atoms with Crippen molar-refractivity contribution in [3.63, 3.8) is 0 Å². The summed E-state index contributed by atoms with van der Waals surface area (Å²) in [5, 5.41) is 1.65. The van der Waals surface area contributed by atoms with Gasteiger partial charge >= 0.3 is 6.18 Å². The van der Waals surface area contributed by atoms with Crippen LogP contribution in [0.1, 0.15) is 10.4 Å². The molecule has 0 fully saturated rings. The Bertz CT molecular complexity index is 447. The number of carbonyl (C=O) groups excluding carboxylic acids is 1. The van der Waals surface area contributed by atoms with Crippen LogP contribution in [-0.4, -0.2) is 18.6 Å². The van der Waals surface area contributed by atoms with Gasteiger partial charge in [0, 0.05) is 4.47 Å². The summed E-state index contributed by atoms with van der Waals surface area (Å²) in [6.07, 6.45) is -4.51. The van der Waals surface area contributed by atoms with Gasteiger partial charge in [-0.05, 0) is 28.1 Å². The number of amides is 1. The standard InChI is InChI=1S/C9H7BrF4N2O/c10-5-2-6(11)7(15)1-4(5)8(17)16-3-9(12,13)14/h1-2H,3,15H2,(H,16,17). The number of nitrogen functional groups attached to an aromatic ring is 1. The van der Waals surface area contributed by atoms with Crippen LogP contribution in [-0.2, 0) is 0 Å². The van der Waals surface area contributed by atoms with Crippen molar-refractivity contribution in [2.45, 2.75) is 6.18 Å². The molecular weight excluding hydrogens is 308 g/mol. The maximum atomic E-state index is 12.9. The predicted molar refractivity (Wildman–Crippen MR) is 56.9 cm³/mol. The number of hydrogen-bond donors (Lipinski definition) is 2. The van der Waals surface area contributed by atoms with E-state index in [9.17, 15) is 22.4 Å². The Morgan fingerprint density at radius 1 is 1.41 bits per heavy atom. The Balaban J connectivity index is 2.86. The van der Waals surface area contributed by atoms with Gasteiger partial charge in [-0.25, -0.2) is 4.39 Å². The van der Waals surface area contributed by atoms with E-state index in [-0.39, 0.29) is 15.7 Å². The summed E-state index contributed by atoms with van der Waals surface area (Å²) in [5.41, 5.74) is 4.74. The van der Waals surface area contributed by atoms with E-state index < -0.39 is 24.4 Å². The average molecular weight is 315 g/mol. The Morgan fingerprint density at radius 3 is 2.53 bits per heavy atom. The van der Waals surface area contributed by atoms with Gasteiger partial charge in [-0.3, -0.25) is 4.79 Å². The zero-order valence-corrected chi connectivity index (χ0v) is 9.82. The highest BCUT2D eigenvalue weighted by Crippen LogP contribution is 2.23. The molecule has 3 nitrogen and oxygen atoms in total. The number of anilines is 1. The maximum absolute atomic E-state index is 12.9. The molecule has 0 aliphatic carbocycles. The van der Waals surface area contributed by atoms with Gasteiger partial charge < -0.3 is 11.1 Å². The molecule has 1 amide bonds. The first-order chi connectivity index (χ1) is 7.70. The zero-order valence-electron chi connectivity index (χ0n) is 8.24. The summed E-state index contributed by atoms with van der Waals surface area (Å²) in [7, 11) is 0. The van der Waals surface area contributed by atoms with Gasteiger partial charge in [-0.15, -0.1) is 0 Å². The van der Waals surface area contributed by atoms with Gasteiger partial charge in [0.2, 0.25) is 0 Å². The third-order valence-corrected chi connectivity index (χ3v) is 2.44. The van der Waals surface area contributed by atoms with E-state index in [0.717, 1.165) is 12.1 Å². The first-order valence-corrected chi connectivity index (χ1v) is 5.09. The minimum atomic E-state index is -4.51. The summed E-state index contributed by atoms with van der Waals surface area (Å²) in [4.78, 5) is 11.4. The van der Waals surface area contributed by atoms with Crippen LogP contribution in [0.2, 0.25) is 0 Å². The summed E-state index contributed by atoms with van der Waals surface area (Å²) in [6.45, 7) is -1.46. The SMILES string of the molecule is Nc1cc(C(=O)NCC(F)(F)F)c(Br)cc1F. The second kappa shape index (κ2) is 4.91. The van der Waals surface area contributed by atoms with Crippen LogP contribution in [0.3, 0.4) is 0 Å². The molecule has 0 unspecified atom stereocenters. The molecule has 0 aromatic heterocycles. The quantitative estimate of drug-likeness (QED) is 0.651. The van der Waals surface area contributed by atoms with Gasteiger partial charge in [-0.1, -0.05) is 0 Å². The van der Waals surface area contributed by atoms with Crippen molar-refractivity contribution in [2.75, 3.05) is 12.3 Å². The van der Waals surface area contributed by atoms with E-state index in [4.69, 9.17) is 5.73 Å². The second-order valence-corrected chi connectivity index (χ2v) is 4.01. The summed E-state index contributed by atoms with van der Waals surface area (Å²) >= 11 is 2.86. The maximum Gasteiger partial charge on any atom is 0.405 e. The van der Waals surface area contributed by atoms with Crippen molar-refractivity contribution in [2.24, 2.45) is 0 Å². The number of nitrogens with one attached hydrogen (secondary N) is 1. The van der Waals surface area contributed by atoms with Crippen LogP contribution in [0.25, 0.3) is 0 Å². The first kappa shape index (κ1) is 13.8. The van der Waals surface area contributed by atoms with E-state index in [1.54, 1.807) is 5.32 Å². The van der Waals surface area contributed by atoms with Crippen LogP contribution in [0, 0.1) is 5.82 Å². The van der Waals surface area contributed by atoms with E-state index in [0.29, 0.717) is 0 Å². The van der Waals surface area contributed by atoms with Crippen LogP contribution >= 0.6 is 15.9 Å². The molecule has 0 saturated carbocycles. The van der Waals surface area contributed by atoms with Crippen LogP contribution in [0.5, 0.6) is 0 Å². The molecule has 0 radical (unpaired) electrons. The molecule has 1 aromatic rings. The summed E-state index contributed by atoms with van der Waals surface area (Å²) in [5.74, 6) is -1.75. The third-order valence-electron chi connectivity index (χ3n) is 1.78. The van der Waals surface area contributed by atoms with Crippen molar-refractivity contribution in [3.8, 4) is 0 Å². The van der Waals surface area contributed by atoms with Crippen molar-refractivity contribution in [3.05, 3.63) is 28.0 Å². The highest BCUT2D eigenvalue weighted by atomic mass is 79.9. The fraction of sp³-hybridized carbons (Fsp3) is 0.222. The Hall–Kier alpha value is -1.31. The Morgan fingerprint density at radius 2 is 2.00 bits per heavy atom. The second-order valence-electron chi connectivity index (χ2n) is 3.15. The molecule has 3 N–H and O–H groups in total. The first-order valence-electron chi connectivity index (χ1n) is 4.30. The third kappa shape index (κ3) is 3.88. The van der Waals surface area contributed by atoms with Crippen molar-refractivity contribution >= 4 is 27.5 Å². The normalized spacial score (nSPS) is 11.4. The largest absolute Gasteiger partial charge is 0.405 e. The molecule has 0 heterocycles. The van der Waals surface area contributed by atoms with E-state index in [1.807, 2.05) is 0 Å². The number of nitrogens with two attached hydrogens (primary N) is 1. The van der Waals surface area contributed by atoms with Crippen LogP contribution < -0.4 is 11.1 Å². The van der Waals surface area contributed by atoms with Gasteiger partial charge in [0.25, 0.3) is 5.91 Å². The molecule has 0 aliphatic heterocycles. The van der Waals surface area contributed by atoms with Crippen LogP contribution in [0.4, 0.5) is 23.2 Å². The molecule has 1 aromatic carbocycles. The van der Waals surface area contributed by atoms with Crippen molar-refractivity contribution in [1.29, 1.82) is 0 Å². The number of halogens is 5. The fourth-order valence-electron chi connectivity index (χ4n) is 1.02. The minimum Gasteiger partial charge on any atom is -0.396 e. The smallest absolute Gasteiger partial charge is 0.396 e. The molecule has 1 rings (SSSR count). The number of alkyl halides is 3. The molecule has 0 saturated heterocycles.